The number of carbonyl (C=O) groups excluding carboxylic acids is 2. The SMILES string of the molecule is C=C1CN(CC(CCCCN)CC(=O)CCCCCCCCCCC)C(=O)N1CCCC. The maximum Gasteiger partial charge on any atom is 0.324 e. The predicted octanol–water partition coefficient (Wildman–Crippen LogP) is 6.66. The number of hydrogen-bond acceptors (Lipinski definition) is 3. The van der Waals surface area contributed by atoms with Crippen LogP contribution in [0.25, 0.3) is 0 Å². The second-order valence-electron chi connectivity index (χ2n) is 9.71. The molecule has 0 aromatic rings. The van der Waals surface area contributed by atoms with Crippen molar-refractivity contribution in [2.24, 2.45) is 11.7 Å². The van der Waals surface area contributed by atoms with Crippen molar-refractivity contribution in [2.45, 2.75) is 117 Å². The monoisotopic (exact) mass is 449 g/mol. The van der Waals surface area contributed by atoms with Crippen molar-refractivity contribution >= 4 is 11.8 Å². The molecule has 2 amide bonds. The maximum absolute atomic E-state index is 12.8. The minimum Gasteiger partial charge on any atom is -0.330 e. The minimum absolute atomic E-state index is 0.0682. The molecule has 0 aliphatic carbocycles. The Morgan fingerprint density at radius 2 is 1.56 bits per heavy atom. The highest BCUT2D eigenvalue weighted by Crippen LogP contribution is 2.24. The molecule has 186 valence electrons. The van der Waals surface area contributed by atoms with Crippen LogP contribution in [0.3, 0.4) is 0 Å². The number of nitrogens with zero attached hydrogens (tertiary/aromatic N) is 2. The lowest BCUT2D eigenvalue weighted by molar-refractivity contribution is -0.120. The fourth-order valence-electron chi connectivity index (χ4n) is 4.60. The van der Waals surface area contributed by atoms with Gasteiger partial charge in [-0.05, 0) is 38.1 Å². The van der Waals surface area contributed by atoms with Crippen molar-refractivity contribution in [3.05, 3.63) is 12.3 Å². The summed E-state index contributed by atoms with van der Waals surface area (Å²) in [5.74, 6) is 0.592. The van der Waals surface area contributed by atoms with Crippen LogP contribution in [0.15, 0.2) is 12.3 Å². The van der Waals surface area contributed by atoms with Gasteiger partial charge in [0, 0.05) is 31.6 Å². The van der Waals surface area contributed by atoms with Crippen molar-refractivity contribution in [3.63, 3.8) is 0 Å². The molecular formula is C27H51N3O2. The highest BCUT2D eigenvalue weighted by molar-refractivity contribution is 5.80. The van der Waals surface area contributed by atoms with Crippen LogP contribution >= 0.6 is 0 Å². The Morgan fingerprint density at radius 1 is 0.938 bits per heavy atom. The molecule has 1 atom stereocenters. The molecule has 0 spiro atoms. The second kappa shape index (κ2) is 18.1. The van der Waals surface area contributed by atoms with E-state index in [1.54, 1.807) is 0 Å². The lowest BCUT2D eigenvalue weighted by atomic mass is 9.93. The van der Waals surface area contributed by atoms with Crippen molar-refractivity contribution in [1.29, 1.82) is 0 Å². The normalized spacial score (nSPS) is 15.1. The van der Waals surface area contributed by atoms with Crippen molar-refractivity contribution in [2.75, 3.05) is 26.2 Å². The summed E-state index contributed by atoms with van der Waals surface area (Å²) >= 11 is 0. The van der Waals surface area contributed by atoms with Crippen LogP contribution in [0.4, 0.5) is 4.79 Å². The molecule has 5 nitrogen and oxygen atoms in total. The minimum atomic E-state index is 0.0682. The van der Waals surface area contributed by atoms with E-state index in [0.29, 0.717) is 38.3 Å². The fraction of sp³-hybridized carbons (Fsp3) is 0.852. The van der Waals surface area contributed by atoms with Crippen molar-refractivity contribution in [3.8, 4) is 0 Å². The Kier molecular flexibility index (Phi) is 16.2. The van der Waals surface area contributed by atoms with Gasteiger partial charge in [0.15, 0.2) is 0 Å². The summed E-state index contributed by atoms with van der Waals surface area (Å²) in [5.41, 5.74) is 6.57. The van der Waals surface area contributed by atoms with E-state index >= 15 is 0 Å². The Balaban J connectivity index is 2.37. The number of nitrogens with two attached hydrogens (primary N) is 1. The Morgan fingerprint density at radius 3 is 2.19 bits per heavy atom. The van der Waals surface area contributed by atoms with Crippen LogP contribution in [0, 0.1) is 5.92 Å². The first-order valence-corrected chi connectivity index (χ1v) is 13.5. The summed E-state index contributed by atoms with van der Waals surface area (Å²) in [7, 11) is 0. The highest BCUT2D eigenvalue weighted by atomic mass is 16.2. The number of ketones is 1. The van der Waals surface area contributed by atoms with E-state index < -0.39 is 0 Å². The van der Waals surface area contributed by atoms with Crippen LogP contribution in [-0.4, -0.2) is 47.8 Å². The van der Waals surface area contributed by atoms with Crippen molar-refractivity contribution < 1.29 is 9.59 Å². The molecule has 1 unspecified atom stereocenters. The maximum atomic E-state index is 12.8. The smallest absolute Gasteiger partial charge is 0.324 e. The summed E-state index contributed by atoms with van der Waals surface area (Å²) in [6, 6.07) is 0.0682. The topological polar surface area (TPSA) is 66.6 Å². The number of rotatable bonds is 21. The van der Waals surface area contributed by atoms with Crippen LogP contribution in [0.1, 0.15) is 117 Å². The summed E-state index contributed by atoms with van der Waals surface area (Å²) < 4.78 is 0. The molecule has 1 aliphatic heterocycles. The molecule has 1 aliphatic rings. The summed E-state index contributed by atoms with van der Waals surface area (Å²) in [4.78, 5) is 29.2. The molecule has 0 radical (unpaired) electrons. The number of amides is 2. The van der Waals surface area contributed by atoms with Gasteiger partial charge in [-0.1, -0.05) is 84.6 Å². The first-order valence-electron chi connectivity index (χ1n) is 13.5. The summed E-state index contributed by atoms with van der Waals surface area (Å²) in [6.07, 6.45) is 17.7. The first kappa shape index (κ1) is 28.7. The van der Waals surface area contributed by atoms with Gasteiger partial charge in [0.05, 0.1) is 6.54 Å². The molecule has 0 aromatic carbocycles. The molecule has 0 aromatic heterocycles. The Bertz CT molecular complexity index is 535. The third kappa shape index (κ3) is 12.0. The van der Waals surface area contributed by atoms with E-state index in [2.05, 4.69) is 20.4 Å². The van der Waals surface area contributed by atoms with Crippen molar-refractivity contribution in [1.82, 2.24) is 9.80 Å². The first-order chi connectivity index (χ1) is 15.5. The van der Waals surface area contributed by atoms with E-state index in [9.17, 15) is 9.59 Å². The molecule has 0 bridgehead atoms. The Labute approximate surface area is 198 Å². The largest absolute Gasteiger partial charge is 0.330 e. The molecular weight excluding hydrogens is 398 g/mol. The standard InChI is InChI=1S/C27H51N3O2/c1-4-6-8-9-10-11-12-13-14-18-26(31)21-25(17-15-16-19-28)23-29-22-24(3)30(27(29)32)20-7-5-2/h25H,3-23,28H2,1-2H3. The van der Waals surface area contributed by atoms with E-state index in [4.69, 9.17) is 5.73 Å². The van der Waals surface area contributed by atoms with E-state index in [0.717, 1.165) is 57.2 Å². The zero-order chi connectivity index (χ0) is 23.6. The molecule has 1 heterocycles. The van der Waals surface area contributed by atoms with Gasteiger partial charge in [0.25, 0.3) is 0 Å². The number of unbranched alkanes of at least 4 members (excludes halogenated alkanes) is 10. The molecule has 0 saturated carbocycles. The third-order valence-corrected chi connectivity index (χ3v) is 6.61. The molecule has 1 rings (SSSR count). The molecule has 1 saturated heterocycles. The van der Waals surface area contributed by atoms with Crippen LogP contribution in [0.5, 0.6) is 0 Å². The van der Waals surface area contributed by atoms with Gasteiger partial charge in [0.2, 0.25) is 0 Å². The fourth-order valence-corrected chi connectivity index (χ4v) is 4.60. The van der Waals surface area contributed by atoms with Gasteiger partial charge in [-0.25, -0.2) is 4.79 Å². The average Bonchev–Trinajstić information content (AvgIpc) is 3.03. The quantitative estimate of drug-likeness (QED) is 0.199. The van der Waals surface area contributed by atoms with Gasteiger partial charge in [-0.2, -0.15) is 0 Å². The molecule has 2 N–H and O–H groups in total. The summed E-state index contributed by atoms with van der Waals surface area (Å²) in [6.45, 7) is 11.2. The number of carbonyl (C=O) groups is 2. The van der Waals surface area contributed by atoms with E-state index in [1.807, 2.05) is 9.80 Å². The van der Waals surface area contributed by atoms with Gasteiger partial charge >= 0.3 is 6.03 Å². The van der Waals surface area contributed by atoms with Gasteiger partial charge in [0.1, 0.15) is 5.78 Å². The second-order valence-corrected chi connectivity index (χ2v) is 9.71. The predicted molar refractivity (Wildman–Crippen MR) is 136 cm³/mol. The van der Waals surface area contributed by atoms with Gasteiger partial charge in [-0.3, -0.25) is 9.69 Å². The molecule has 32 heavy (non-hydrogen) atoms. The zero-order valence-electron chi connectivity index (χ0n) is 21.2. The zero-order valence-corrected chi connectivity index (χ0v) is 21.2. The summed E-state index contributed by atoms with van der Waals surface area (Å²) in [5, 5.41) is 0. The van der Waals surface area contributed by atoms with Gasteiger partial charge in [-0.15, -0.1) is 0 Å². The highest BCUT2D eigenvalue weighted by Gasteiger charge is 2.32. The average molecular weight is 450 g/mol. The Hall–Kier alpha value is -1.36. The lowest BCUT2D eigenvalue weighted by Crippen LogP contribution is -2.36. The van der Waals surface area contributed by atoms with Crippen LogP contribution in [0.2, 0.25) is 0 Å². The molecule has 1 fully saturated rings. The number of Topliss-reactive ketones (excluding diaryl/α,β-unsaturated/α-hetero) is 1. The number of hydrogen-bond donors (Lipinski definition) is 1. The van der Waals surface area contributed by atoms with E-state index in [-0.39, 0.29) is 11.9 Å². The van der Waals surface area contributed by atoms with Crippen LogP contribution < -0.4 is 5.73 Å². The van der Waals surface area contributed by atoms with Gasteiger partial charge < -0.3 is 10.6 Å². The van der Waals surface area contributed by atoms with E-state index in [1.165, 1.54) is 44.9 Å². The number of urea groups is 1. The van der Waals surface area contributed by atoms with Crippen LogP contribution in [-0.2, 0) is 4.79 Å². The lowest BCUT2D eigenvalue weighted by Gasteiger charge is -2.23. The third-order valence-electron chi connectivity index (χ3n) is 6.61. The molecule has 5 heteroatoms.